The smallest absolute Gasteiger partial charge is 0.414 e. The normalized spacial score (nSPS) is 17.1. The molecule has 0 aromatic heterocycles. The first kappa shape index (κ1) is 19.7. The van der Waals surface area contributed by atoms with E-state index in [1.807, 2.05) is 24.3 Å². The molecule has 1 atom stereocenters. The molecule has 1 heterocycles. The Bertz CT molecular complexity index is 672. The first-order valence-corrected chi connectivity index (χ1v) is 10.1. The van der Waals surface area contributed by atoms with Crippen LogP contribution in [0, 0.1) is 0 Å². The fourth-order valence-corrected chi connectivity index (χ4v) is 5.21. The van der Waals surface area contributed by atoms with Gasteiger partial charge in [-0.15, -0.1) is 0 Å². The van der Waals surface area contributed by atoms with Crippen molar-refractivity contribution in [2.24, 2.45) is 0 Å². The highest BCUT2D eigenvalue weighted by atomic mass is 31.2. The number of ether oxygens (including phenoxy) is 1. The van der Waals surface area contributed by atoms with E-state index in [9.17, 15) is 9.36 Å². The fourth-order valence-electron chi connectivity index (χ4n) is 2.70. The quantitative estimate of drug-likeness (QED) is 0.649. The SMILES string of the molecule is CCOC(=O)N1C=Cc2ccccc2C1P(=O)(OC(C)C)OC(C)C. The van der Waals surface area contributed by atoms with Gasteiger partial charge in [-0.25, -0.2) is 4.79 Å². The van der Waals surface area contributed by atoms with Crippen LogP contribution in [0.4, 0.5) is 4.79 Å². The van der Waals surface area contributed by atoms with E-state index >= 15 is 0 Å². The van der Waals surface area contributed by atoms with E-state index in [0.717, 1.165) is 5.56 Å². The number of carbonyl (C=O) groups is 1. The summed E-state index contributed by atoms with van der Waals surface area (Å²) in [5.74, 6) is -0.891. The number of hydrogen-bond acceptors (Lipinski definition) is 5. The van der Waals surface area contributed by atoms with E-state index in [0.29, 0.717) is 5.56 Å². The van der Waals surface area contributed by atoms with Gasteiger partial charge in [-0.2, -0.15) is 0 Å². The van der Waals surface area contributed by atoms with Crippen molar-refractivity contribution < 1.29 is 23.1 Å². The Hall–Kier alpha value is -1.62. The van der Waals surface area contributed by atoms with Crippen LogP contribution < -0.4 is 0 Å². The van der Waals surface area contributed by atoms with Crippen LogP contribution in [0.1, 0.15) is 51.5 Å². The standard InChI is InChI=1S/C18H26NO5P/c1-6-22-18(20)19-12-11-15-9-7-8-10-16(15)17(19)25(21,23-13(2)3)24-14(4)5/h7-14,17H,6H2,1-5H3. The van der Waals surface area contributed by atoms with Gasteiger partial charge in [-0.3, -0.25) is 9.46 Å². The van der Waals surface area contributed by atoms with Crippen LogP contribution in [0.2, 0.25) is 0 Å². The van der Waals surface area contributed by atoms with Gasteiger partial charge in [0, 0.05) is 6.20 Å². The Kier molecular flexibility index (Phi) is 6.44. The molecule has 0 spiro atoms. The van der Waals surface area contributed by atoms with Crippen LogP contribution in [-0.2, 0) is 18.3 Å². The highest BCUT2D eigenvalue weighted by Gasteiger charge is 2.46. The van der Waals surface area contributed by atoms with Gasteiger partial charge in [-0.05, 0) is 51.8 Å². The Balaban J connectivity index is 2.56. The van der Waals surface area contributed by atoms with E-state index in [4.69, 9.17) is 13.8 Å². The Labute approximate surface area is 149 Å². The zero-order chi connectivity index (χ0) is 18.6. The van der Waals surface area contributed by atoms with Crippen molar-refractivity contribution in [1.82, 2.24) is 4.90 Å². The summed E-state index contributed by atoms with van der Waals surface area (Å²) in [6.45, 7) is 9.09. The maximum absolute atomic E-state index is 13.7. The highest BCUT2D eigenvalue weighted by molar-refractivity contribution is 7.54. The molecule has 1 unspecified atom stereocenters. The molecule has 0 saturated carbocycles. The lowest BCUT2D eigenvalue weighted by molar-refractivity contribution is 0.0961. The molecule has 0 radical (unpaired) electrons. The summed E-state index contributed by atoms with van der Waals surface area (Å²) in [4.78, 5) is 13.8. The molecule has 1 aliphatic heterocycles. The summed E-state index contributed by atoms with van der Waals surface area (Å²) in [6.07, 6.45) is 2.12. The summed E-state index contributed by atoms with van der Waals surface area (Å²) < 4.78 is 30.4. The molecule has 1 aliphatic rings. The third-order valence-corrected chi connectivity index (χ3v) is 6.00. The lowest BCUT2D eigenvalue weighted by Gasteiger charge is -2.37. The van der Waals surface area contributed by atoms with E-state index in [1.165, 1.54) is 4.90 Å². The topological polar surface area (TPSA) is 65.1 Å². The van der Waals surface area contributed by atoms with Crippen LogP contribution in [0.5, 0.6) is 0 Å². The Morgan fingerprint density at radius 2 is 1.76 bits per heavy atom. The number of nitrogens with zero attached hydrogens (tertiary/aromatic N) is 1. The van der Waals surface area contributed by atoms with Gasteiger partial charge >= 0.3 is 13.7 Å². The largest absolute Gasteiger partial charge is 0.449 e. The molecule has 2 rings (SSSR count). The predicted octanol–water partition coefficient (Wildman–Crippen LogP) is 5.17. The molecule has 0 fully saturated rings. The van der Waals surface area contributed by atoms with Crippen molar-refractivity contribution in [3.63, 3.8) is 0 Å². The van der Waals surface area contributed by atoms with Gasteiger partial charge in [-0.1, -0.05) is 24.3 Å². The van der Waals surface area contributed by atoms with Gasteiger partial charge < -0.3 is 13.8 Å². The summed E-state index contributed by atoms with van der Waals surface area (Å²) in [5, 5.41) is 0. The molecular weight excluding hydrogens is 341 g/mol. The maximum Gasteiger partial charge on any atom is 0.414 e. The minimum atomic E-state index is -3.70. The molecule has 0 saturated heterocycles. The van der Waals surface area contributed by atoms with Gasteiger partial charge in [0.25, 0.3) is 0 Å². The van der Waals surface area contributed by atoms with Gasteiger partial charge in [0.2, 0.25) is 0 Å². The molecule has 0 bridgehead atoms. The number of benzene rings is 1. The minimum absolute atomic E-state index is 0.220. The average molecular weight is 367 g/mol. The molecule has 6 nitrogen and oxygen atoms in total. The second-order valence-electron chi connectivity index (χ2n) is 6.27. The van der Waals surface area contributed by atoms with Crippen LogP contribution in [0.25, 0.3) is 6.08 Å². The molecule has 7 heteroatoms. The van der Waals surface area contributed by atoms with Crippen molar-refractivity contribution >= 4 is 19.8 Å². The second-order valence-corrected chi connectivity index (χ2v) is 8.26. The molecule has 1 amide bonds. The molecule has 25 heavy (non-hydrogen) atoms. The molecule has 1 aromatic carbocycles. The monoisotopic (exact) mass is 367 g/mol. The van der Waals surface area contributed by atoms with E-state index < -0.39 is 19.5 Å². The molecule has 138 valence electrons. The van der Waals surface area contributed by atoms with Crippen molar-refractivity contribution in [3.8, 4) is 0 Å². The van der Waals surface area contributed by atoms with Crippen molar-refractivity contribution in [3.05, 3.63) is 41.6 Å². The number of rotatable bonds is 6. The van der Waals surface area contributed by atoms with Crippen LogP contribution in [-0.4, -0.2) is 29.8 Å². The summed E-state index contributed by atoms with van der Waals surface area (Å²) in [5.41, 5.74) is 1.58. The minimum Gasteiger partial charge on any atom is -0.449 e. The number of hydrogen-bond donors (Lipinski definition) is 0. The lowest BCUT2D eigenvalue weighted by Crippen LogP contribution is -2.34. The van der Waals surface area contributed by atoms with Gasteiger partial charge in [0.05, 0.1) is 18.8 Å². The lowest BCUT2D eigenvalue weighted by atomic mass is 10.0. The number of fused-ring (bicyclic) bond motifs is 1. The van der Waals surface area contributed by atoms with Crippen LogP contribution in [0.15, 0.2) is 30.5 Å². The molecule has 0 aliphatic carbocycles. The summed E-state index contributed by atoms with van der Waals surface area (Å²) >= 11 is 0. The summed E-state index contributed by atoms with van der Waals surface area (Å²) in [7, 11) is -3.70. The fraction of sp³-hybridized carbons (Fsp3) is 0.500. The second kappa shape index (κ2) is 8.17. The molecule has 1 aromatic rings. The highest BCUT2D eigenvalue weighted by Crippen LogP contribution is 2.65. The Morgan fingerprint density at radius 1 is 1.16 bits per heavy atom. The first-order valence-electron chi connectivity index (χ1n) is 8.47. The van der Waals surface area contributed by atoms with Crippen molar-refractivity contribution in [1.29, 1.82) is 0 Å². The van der Waals surface area contributed by atoms with Gasteiger partial charge in [0.1, 0.15) is 0 Å². The number of carbonyl (C=O) groups excluding carboxylic acids is 1. The van der Waals surface area contributed by atoms with Crippen molar-refractivity contribution in [2.45, 2.75) is 52.6 Å². The van der Waals surface area contributed by atoms with Gasteiger partial charge in [0.15, 0.2) is 5.78 Å². The average Bonchev–Trinajstić information content (AvgIpc) is 2.52. The van der Waals surface area contributed by atoms with Crippen molar-refractivity contribution in [2.75, 3.05) is 6.61 Å². The molecule has 0 N–H and O–H groups in total. The van der Waals surface area contributed by atoms with Crippen LogP contribution >= 0.6 is 7.60 Å². The Morgan fingerprint density at radius 3 is 2.32 bits per heavy atom. The zero-order valence-corrected chi connectivity index (χ0v) is 16.2. The molecular formula is C18H26NO5P. The third-order valence-electron chi connectivity index (χ3n) is 3.45. The van der Waals surface area contributed by atoms with E-state index in [1.54, 1.807) is 46.9 Å². The predicted molar refractivity (Wildman–Crippen MR) is 97.1 cm³/mol. The zero-order valence-electron chi connectivity index (χ0n) is 15.3. The third kappa shape index (κ3) is 4.51. The first-order chi connectivity index (χ1) is 11.8. The van der Waals surface area contributed by atoms with E-state index in [-0.39, 0.29) is 18.8 Å². The summed E-state index contributed by atoms with van der Waals surface area (Å²) in [6, 6.07) is 7.45. The van der Waals surface area contributed by atoms with E-state index in [2.05, 4.69) is 0 Å². The number of amides is 1. The maximum atomic E-state index is 13.7. The van der Waals surface area contributed by atoms with Crippen LogP contribution in [0.3, 0.4) is 0 Å².